The van der Waals surface area contributed by atoms with Crippen LogP contribution < -0.4 is 9.80 Å². The van der Waals surface area contributed by atoms with E-state index in [-0.39, 0.29) is 35.0 Å². The summed E-state index contributed by atoms with van der Waals surface area (Å²) in [5.41, 5.74) is 3.55. The Kier molecular flexibility index (Phi) is 15.6. The highest BCUT2D eigenvalue weighted by atomic mass is 16.6. The van der Waals surface area contributed by atoms with Gasteiger partial charge < -0.3 is 24.2 Å². The topological polar surface area (TPSA) is 135 Å². The van der Waals surface area contributed by atoms with Gasteiger partial charge in [0, 0.05) is 87.9 Å². The van der Waals surface area contributed by atoms with Gasteiger partial charge in [0.05, 0.1) is 42.7 Å². The summed E-state index contributed by atoms with van der Waals surface area (Å²) in [5, 5.41) is 22.9. The molecule has 13 nitrogen and oxygen atoms in total. The van der Waals surface area contributed by atoms with Crippen molar-refractivity contribution in [1.29, 1.82) is 0 Å². The number of nitro benzene ring substituents is 2. The maximum Gasteiger partial charge on any atom is 0.292 e. The van der Waals surface area contributed by atoms with E-state index in [2.05, 4.69) is 36.2 Å². The second-order valence-electron chi connectivity index (χ2n) is 12.6. The van der Waals surface area contributed by atoms with E-state index < -0.39 is 0 Å². The first-order valence-electron chi connectivity index (χ1n) is 17.4. The van der Waals surface area contributed by atoms with Crippen molar-refractivity contribution in [2.75, 3.05) is 95.1 Å². The number of hydrogen-bond acceptors (Lipinski definition) is 10. The van der Waals surface area contributed by atoms with Gasteiger partial charge in [-0.05, 0) is 68.2 Å². The summed E-state index contributed by atoms with van der Waals surface area (Å²) >= 11 is 0. The molecule has 15 heteroatoms. The molecule has 0 saturated carbocycles. The molecular weight excluding hydrogens is 626 g/mol. The number of amides is 1. The second-order valence-corrected chi connectivity index (χ2v) is 12.6. The first-order chi connectivity index (χ1) is 23.9. The molecule has 6 rings (SSSR count). The molecule has 0 spiro atoms. The lowest BCUT2D eigenvalue weighted by molar-refractivity contribution is -0.384. The average molecular weight is 676 g/mol. The number of benzene rings is 2. The van der Waals surface area contributed by atoms with Crippen molar-refractivity contribution in [3.05, 3.63) is 67.8 Å². The molecule has 0 aliphatic carbocycles. The Labute approximate surface area is 293 Å². The molecule has 49 heavy (non-hydrogen) atoms. The Balaban J connectivity index is 0.000000253. The van der Waals surface area contributed by atoms with Crippen molar-refractivity contribution in [2.45, 2.75) is 51.4 Å². The normalized spacial score (nSPS) is 18.4. The first-order valence-corrected chi connectivity index (χ1v) is 17.4. The standard InChI is InChI=1S/C17H23N3O4.C17H25N3O3.B2.H2/c21-17(19-8-10-24-11-9-19)13-14-4-5-15(16(12-14)20(22)23)18-6-2-1-3-7-18;21-20(22)17-14-15(6-9-18-10-12-23-13-11-18)4-5-16(17)19-7-2-1-3-8-19;1-2;/h4-5,12H,1-3,6-11,13H2;4-5,14H,1-3,6-13H2;;1H. The van der Waals surface area contributed by atoms with Crippen LogP contribution in [0.1, 0.15) is 51.1 Å². The molecule has 1 amide bonds. The minimum Gasteiger partial charge on any atom is -0.379 e. The zero-order chi connectivity index (χ0) is 35.0. The van der Waals surface area contributed by atoms with Gasteiger partial charge in [-0.15, -0.1) is 0 Å². The van der Waals surface area contributed by atoms with Crippen molar-refractivity contribution >= 4 is 44.1 Å². The van der Waals surface area contributed by atoms with Crippen LogP contribution in [0.15, 0.2) is 36.4 Å². The van der Waals surface area contributed by atoms with Crippen LogP contribution in [0.5, 0.6) is 0 Å². The minimum atomic E-state index is -0.341. The fourth-order valence-electron chi connectivity index (χ4n) is 6.71. The zero-order valence-corrected chi connectivity index (χ0v) is 28.5. The SMILES string of the molecule is O=C(Cc1ccc(N2CCCCC2)c([N+](=O)[O-])c1)N1CCOCC1.O=[N+]([O-])c1cc(CCN2CCOCC2)ccc1N1CCCCC1.[B][B].[HH]. The van der Waals surface area contributed by atoms with Crippen LogP contribution in [0.4, 0.5) is 22.7 Å². The molecule has 4 saturated heterocycles. The molecule has 4 radical (unpaired) electrons. The highest BCUT2D eigenvalue weighted by molar-refractivity contribution is 6.75. The Hall–Kier alpha value is -3.68. The zero-order valence-electron chi connectivity index (χ0n) is 28.5. The number of hydrogen-bond donors (Lipinski definition) is 0. The largest absolute Gasteiger partial charge is 0.379 e. The second kappa shape index (κ2) is 20.1. The quantitative estimate of drug-likeness (QED) is 0.219. The van der Waals surface area contributed by atoms with Gasteiger partial charge in [-0.1, -0.05) is 12.1 Å². The van der Waals surface area contributed by atoms with Gasteiger partial charge in [0.2, 0.25) is 5.91 Å². The summed E-state index contributed by atoms with van der Waals surface area (Å²) < 4.78 is 10.6. The lowest BCUT2D eigenvalue weighted by Gasteiger charge is -2.29. The van der Waals surface area contributed by atoms with Crippen molar-refractivity contribution in [3.8, 4) is 0 Å². The van der Waals surface area contributed by atoms with E-state index in [1.54, 1.807) is 23.1 Å². The van der Waals surface area contributed by atoms with Crippen LogP contribution in [0.2, 0.25) is 0 Å². The maximum atomic E-state index is 12.3. The highest BCUT2D eigenvalue weighted by Gasteiger charge is 2.24. The number of anilines is 2. The highest BCUT2D eigenvalue weighted by Crippen LogP contribution is 2.33. The minimum absolute atomic E-state index is 0. The van der Waals surface area contributed by atoms with Crippen molar-refractivity contribution in [3.63, 3.8) is 0 Å². The van der Waals surface area contributed by atoms with Crippen LogP contribution in [-0.2, 0) is 27.1 Å². The summed E-state index contributed by atoms with van der Waals surface area (Å²) in [6.07, 6.45) is 7.81. The van der Waals surface area contributed by atoms with Gasteiger partial charge in [0.1, 0.15) is 11.4 Å². The number of nitro groups is 2. The van der Waals surface area contributed by atoms with E-state index in [0.29, 0.717) is 37.6 Å². The fraction of sp³-hybridized carbons (Fsp3) is 0.618. The van der Waals surface area contributed by atoms with E-state index in [4.69, 9.17) is 9.47 Å². The molecule has 0 atom stereocenters. The molecule has 0 bridgehead atoms. The van der Waals surface area contributed by atoms with E-state index >= 15 is 0 Å². The molecule has 4 aliphatic heterocycles. The predicted molar refractivity (Wildman–Crippen MR) is 194 cm³/mol. The number of rotatable bonds is 9. The summed E-state index contributed by atoms with van der Waals surface area (Å²) in [5.74, 6) is -0.00156. The fourth-order valence-corrected chi connectivity index (χ4v) is 6.71. The monoisotopic (exact) mass is 676 g/mol. The van der Waals surface area contributed by atoms with E-state index in [0.717, 1.165) is 102 Å². The molecule has 4 aliphatic rings. The van der Waals surface area contributed by atoms with Gasteiger partial charge in [-0.2, -0.15) is 0 Å². The van der Waals surface area contributed by atoms with E-state index in [1.807, 2.05) is 12.1 Å². The lowest BCUT2D eigenvalue weighted by Crippen LogP contribution is -2.41. The Bertz CT molecular complexity index is 1370. The smallest absolute Gasteiger partial charge is 0.292 e. The number of piperidine rings is 2. The van der Waals surface area contributed by atoms with Gasteiger partial charge >= 0.3 is 0 Å². The van der Waals surface area contributed by atoms with Crippen LogP contribution in [-0.4, -0.2) is 126 Å². The summed E-state index contributed by atoms with van der Waals surface area (Å²) in [7, 11) is 8.00. The number of carbonyl (C=O) groups excluding carboxylic acids is 1. The number of nitrogens with zero attached hydrogens (tertiary/aromatic N) is 6. The number of ether oxygens (including phenoxy) is 2. The van der Waals surface area contributed by atoms with Crippen molar-refractivity contribution in [1.82, 2.24) is 9.80 Å². The Morgan fingerprint density at radius 3 is 1.61 bits per heavy atom. The van der Waals surface area contributed by atoms with Crippen LogP contribution >= 0.6 is 0 Å². The number of carbonyl (C=O) groups is 1. The number of morpholine rings is 2. The summed E-state index contributed by atoms with van der Waals surface area (Å²) in [6.45, 7) is 10.3. The summed E-state index contributed by atoms with van der Waals surface area (Å²) in [6, 6.07) is 11.0. The maximum absolute atomic E-state index is 12.3. The molecule has 2 aromatic rings. The Morgan fingerprint density at radius 2 is 1.12 bits per heavy atom. The Morgan fingerprint density at radius 1 is 0.673 bits per heavy atom. The molecule has 4 heterocycles. The molecule has 0 unspecified atom stereocenters. The van der Waals surface area contributed by atoms with Gasteiger partial charge in [-0.25, -0.2) is 0 Å². The predicted octanol–water partition coefficient (Wildman–Crippen LogP) is 3.93. The van der Waals surface area contributed by atoms with E-state index in [1.165, 1.54) is 12.8 Å². The van der Waals surface area contributed by atoms with Crippen LogP contribution in [0, 0.1) is 20.2 Å². The summed E-state index contributed by atoms with van der Waals surface area (Å²) in [4.78, 5) is 43.0. The van der Waals surface area contributed by atoms with Crippen LogP contribution in [0.3, 0.4) is 0 Å². The van der Waals surface area contributed by atoms with Gasteiger partial charge in [0.25, 0.3) is 11.4 Å². The van der Waals surface area contributed by atoms with Gasteiger partial charge in [-0.3, -0.25) is 29.9 Å². The lowest BCUT2D eigenvalue weighted by atomic mass is 9.81. The third kappa shape index (κ3) is 11.4. The molecule has 2 aromatic carbocycles. The molecule has 4 fully saturated rings. The average Bonchev–Trinajstić information content (AvgIpc) is 3.16. The third-order valence-corrected chi connectivity index (χ3v) is 9.41. The van der Waals surface area contributed by atoms with Crippen molar-refractivity contribution in [2.24, 2.45) is 0 Å². The van der Waals surface area contributed by atoms with Gasteiger partial charge in [0.15, 0.2) is 0 Å². The third-order valence-electron chi connectivity index (χ3n) is 9.41. The first kappa shape index (κ1) is 38.1. The molecule has 0 aromatic heterocycles. The van der Waals surface area contributed by atoms with Crippen LogP contribution in [0.25, 0.3) is 0 Å². The molecule has 0 N–H and O–H groups in total. The van der Waals surface area contributed by atoms with E-state index in [9.17, 15) is 25.0 Å². The molecule has 264 valence electrons. The molecular formula is C34H50B2N6O7. The van der Waals surface area contributed by atoms with Crippen molar-refractivity contribution < 1.29 is 25.5 Å².